The fourth-order valence-corrected chi connectivity index (χ4v) is 3.45. The lowest BCUT2D eigenvalue weighted by atomic mass is 10.0. The minimum Gasteiger partial charge on any atom is -0.466 e. The van der Waals surface area contributed by atoms with Gasteiger partial charge in [-0.3, -0.25) is 9.59 Å². The average Bonchev–Trinajstić information content (AvgIpc) is 2.81. The van der Waals surface area contributed by atoms with E-state index in [-0.39, 0.29) is 32.0 Å². The minimum atomic E-state index is -0.919. The number of carbonyl (C=O) groups is 3. The molecule has 0 saturated carbocycles. The Morgan fingerprint density at radius 3 is 2.35 bits per heavy atom. The van der Waals surface area contributed by atoms with Gasteiger partial charge in [-0.25, -0.2) is 14.8 Å². The summed E-state index contributed by atoms with van der Waals surface area (Å²) in [5, 5.41) is 2.67. The van der Waals surface area contributed by atoms with Crippen LogP contribution in [0.3, 0.4) is 0 Å². The number of nitrogens with zero attached hydrogens (tertiary/aromatic N) is 2. The smallest absolute Gasteiger partial charge is 0.328 e. The summed E-state index contributed by atoms with van der Waals surface area (Å²) >= 11 is 0. The van der Waals surface area contributed by atoms with Gasteiger partial charge in [0, 0.05) is 23.9 Å². The molecule has 1 amide bonds. The van der Waals surface area contributed by atoms with Crippen LogP contribution in [0.15, 0.2) is 30.5 Å². The Hall–Kier alpha value is -3.49. The summed E-state index contributed by atoms with van der Waals surface area (Å²) in [6.07, 6.45) is 5.63. The highest BCUT2D eigenvalue weighted by molar-refractivity contribution is 5.96. The number of nitrogens with two attached hydrogens (primary N) is 1. The number of nitrogen functional groups attached to an aromatic ring is 1. The van der Waals surface area contributed by atoms with Crippen molar-refractivity contribution in [3.63, 3.8) is 0 Å². The number of aromatic nitrogens is 2. The Balaban J connectivity index is 1.86. The second-order valence-corrected chi connectivity index (χ2v) is 7.86. The molecule has 0 fully saturated rings. The fraction of sp³-hybridized carbons (Fsp3) is 0.480. The van der Waals surface area contributed by atoms with Crippen molar-refractivity contribution in [2.45, 2.75) is 65.3 Å². The molecule has 184 valence electrons. The van der Waals surface area contributed by atoms with Crippen LogP contribution in [-0.4, -0.2) is 47.1 Å². The maximum atomic E-state index is 12.7. The van der Waals surface area contributed by atoms with E-state index < -0.39 is 23.9 Å². The molecule has 0 radical (unpaired) electrons. The van der Waals surface area contributed by atoms with Gasteiger partial charge in [0.15, 0.2) is 0 Å². The Labute approximate surface area is 200 Å². The van der Waals surface area contributed by atoms with Crippen molar-refractivity contribution in [3.05, 3.63) is 52.8 Å². The van der Waals surface area contributed by atoms with Crippen molar-refractivity contribution >= 4 is 23.8 Å². The van der Waals surface area contributed by atoms with Gasteiger partial charge in [-0.2, -0.15) is 0 Å². The van der Waals surface area contributed by atoms with Gasteiger partial charge in [-0.15, -0.1) is 0 Å². The predicted molar refractivity (Wildman–Crippen MR) is 128 cm³/mol. The van der Waals surface area contributed by atoms with E-state index in [0.717, 1.165) is 42.5 Å². The van der Waals surface area contributed by atoms with E-state index in [1.165, 1.54) is 0 Å². The molecule has 0 aliphatic heterocycles. The van der Waals surface area contributed by atoms with Crippen molar-refractivity contribution in [3.8, 4) is 0 Å². The van der Waals surface area contributed by atoms with Gasteiger partial charge in [0.1, 0.15) is 6.04 Å². The second-order valence-electron chi connectivity index (χ2n) is 7.86. The molecular weight excluding hydrogens is 436 g/mol. The summed E-state index contributed by atoms with van der Waals surface area (Å²) in [4.78, 5) is 44.8. The molecule has 2 aromatic rings. The SMILES string of the molecule is CCOC(=O)CC[C@H](NC(=O)c1ccc(CCCCc2cnc(N)nc2C)cc1)C(=O)OCC. The molecule has 1 aromatic heterocycles. The summed E-state index contributed by atoms with van der Waals surface area (Å²) in [6, 6.07) is 6.36. The Bertz CT molecular complexity index is 962. The lowest BCUT2D eigenvalue weighted by Gasteiger charge is -2.17. The predicted octanol–water partition coefficient (Wildman–Crippen LogP) is 2.94. The molecule has 1 atom stereocenters. The number of rotatable bonds is 13. The number of unbranched alkanes of at least 4 members (excludes halogenated alkanes) is 1. The Morgan fingerprint density at radius 2 is 1.71 bits per heavy atom. The van der Waals surface area contributed by atoms with Crippen LogP contribution in [0.1, 0.15) is 66.7 Å². The van der Waals surface area contributed by atoms with Crippen LogP contribution in [0.2, 0.25) is 0 Å². The van der Waals surface area contributed by atoms with Gasteiger partial charge in [0.2, 0.25) is 5.95 Å². The Kier molecular flexibility index (Phi) is 11.0. The van der Waals surface area contributed by atoms with E-state index in [9.17, 15) is 14.4 Å². The number of aryl methyl sites for hydroxylation is 3. The molecule has 0 bridgehead atoms. The highest BCUT2D eigenvalue weighted by Gasteiger charge is 2.24. The lowest BCUT2D eigenvalue weighted by molar-refractivity contribution is -0.146. The number of esters is 2. The number of hydrogen-bond acceptors (Lipinski definition) is 8. The third kappa shape index (κ3) is 8.80. The largest absolute Gasteiger partial charge is 0.466 e. The first-order chi connectivity index (χ1) is 16.3. The first-order valence-corrected chi connectivity index (χ1v) is 11.6. The van der Waals surface area contributed by atoms with Gasteiger partial charge < -0.3 is 20.5 Å². The molecule has 9 heteroatoms. The Morgan fingerprint density at radius 1 is 1.03 bits per heavy atom. The van der Waals surface area contributed by atoms with Gasteiger partial charge in [-0.1, -0.05) is 12.1 Å². The lowest BCUT2D eigenvalue weighted by Crippen LogP contribution is -2.42. The van der Waals surface area contributed by atoms with Crippen LogP contribution in [0.4, 0.5) is 5.95 Å². The van der Waals surface area contributed by atoms with Crippen LogP contribution in [0.5, 0.6) is 0 Å². The zero-order valence-corrected chi connectivity index (χ0v) is 20.1. The van der Waals surface area contributed by atoms with Gasteiger partial charge in [0.25, 0.3) is 5.91 Å². The van der Waals surface area contributed by atoms with Crippen molar-refractivity contribution in [2.24, 2.45) is 0 Å². The molecule has 2 rings (SSSR count). The van der Waals surface area contributed by atoms with Crippen molar-refractivity contribution in [2.75, 3.05) is 18.9 Å². The molecule has 0 aliphatic rings. The van der Waals surface area contributed by atoms with Crippen molar-refractivity contribution < 1.29 is 23.9 Å². The number of nitrogens with one attached hydrogen (secondary N) is 1. The van der Waals surface area contributed by atoms with E-state index in [2.05, 4.69) is 15.3 Å². The van der Waals surface area contributed by atoms with Gasteiger partial charge in [0.05, 0.1) is 13.2 Å². The maximum absolute atomic E-state index is 12.7. The normalized spacial score (nSPS) is 11.5. The molecule has 0 saturated heterocycles. The molecule has 0 unspecified atom stereocenters. The maximum Gasteiger partial charge on any atom is 0.328 e. The summed E-state index contributed by atoms with van der Waals surface area (Å²) in [5.41, 5.74) is 9.15. The quantitative estimate of drug-likeness (QED) is 0.337. The molecule has 1 aromatic carbocycles. The number of amides is 1. The molecule has 1 heterocycles. The number of hydrogen-bond donors (Lipinski definition) is 2. The zero-order chi connectivity index (χ0) is 24.9. The van der Waals surface area contributed by atoms with Crippen LogP contribution < -0.4 is 11.1 Å². The van der Waals surface area contributed by atoms with Crippen LogP contribution in [0.25, 0.3) is 0 Å². The molecule has 0 aliphatic carbocycles. The van der Waals surface area contributed by atoms with Crippen LogP contribution in [0, 0.1) is 6.92 Å². The highest BCUT2D eigenvalue weighted by Crippen LogP contribution is 2.13. The molecule has 34 heavy (non-hydrogen) atoms. The number of anilines is 1. The van der Waals surface area contributed by atoms with E-state index in [0.29, 0.717) is 5.56 Å². The summed E-state index contributed by atoms with van der Waals surface area (Å²) in [7, 11) is 0. The second kappa shape index (κ2) is 13.9. The number of ether oxygens (including phenoxy) is 2. The highest BCUT2D eigenvalue weighted by atomic mass is 16.5. The first kappa shape index (κ1) is 26.8. The molecule has 3 N–H and O–H groups in total. The molecule has 0 spiro atoms. The fourth-order valence-electron chi connectivity index (χ4n) is 3.45. The van der Waals surface area contributed by atoms with Crippen molar-refractivity contribution in [1.29, 1.82) is 0 Å². The van der Waals surface area contributed by atoms with Crippen LogP contribution >= 0.6 is 0 Å². The standard InChI is InChI=1S/C25H34N4O5/c1-4-33-22(30)15-14-21(24(32)34-5-2)29-23(31)19-12-10-18(11-13-19)8-6-7-9-20-16-27-25(26)28-17(20)3/h10-13,16,21H,4-9,14-15H2,1-3H3,(H,29,31)(H2,26,27,28)/t21-/m0/s1. The topological polar surface area (TPSA) is 133 Å². The van der Waals surface area contributed by atoms with Crippen LogP contribution in [-0.2, 0) is 31.9 Å². The van der Waals surface area contributed by atoms with Gasteiger partial charge >= 0.3 is 11.9 Å². The molecule has 9 nitrogen and oxygen atoms in total. The van der Waals surface area contributed by atoms with E-state index >= 15 is 0 Å². The third-order valence-electron chi connectivity index (χ3n) is 5.30. The summed E-state index contributed by atoms with van der Waals surface area (Å²) in [6.45, 7) is 5.77. The number of carbonyl (C=O) groups excluding carboxylic acids is 3. The number of benzene rings is 1. The van der Waals surface area contributed by atoms with E-state index in [4.69, 9.17) is 15.2 Å². The van der Waals surface area contributed by atoms with E-state index in [1.54, 1.807) is 32.2 Å². The zero-order valence-electron chi connectivity index (χ0n) is 20.1. The average molecular weight is 471 g/mol. The van der Waals surface area contributed by atoms with E-state index in [1.807, 2.05) is 19.1 Å². The van der Waals surface area contributed by atoms with Gasteiger partial charge in [-0.05, 0) is 76.1 Å². The summed E-state index contributed by atoms with van der Waals surface area (Å²) in [5.74, 6) is -1.10. The summed E-state index contributed by atoms with van der Waals surface area (Å²) < 4.78 is 9.93. The third-order valence-corrected chi connectivity index (χ3v) is 5.30. The van der Waals surface area contributed by atoms with Crippen molar-refractivity contribution in [1.82, 2.24) is 15.3 Å². The first-order valence-electron chi connectivity index (χ1n) is 11.6. The monoisotopic (exact) mass is 470 g/mol. The molecular formula is C25H34N4O5. The minimum absolute atomic E-state index is 0.0125.